The second-order valence-corrected chi connectivity index (χ2v) is 5.42. The number of hydrogen-bond acceptors (Lipinski definition) is 7. The van der Waals surface area contributed by atoms with Crippen molar-refractivity contribution in [1.29, 1.82) is 0 Å². The third-order valence-electron chi connectivity index (χ3n) is 3.85. The number of nitrogen functional groups attached to an aromatic ring is 2. The fraction of sp³-hybridized carbons (Fsp3) is 0.571. The molecule has 0 amide bonds. The van der Waals surface area contributed by atoms with Crippen LogP contribution in [0.5, 0.6) is 0 Å². The van der Waals surface area contributed by atoms with Crippen molar-refractivity contribution in [3.05, 3.63) is 23.3 Å². The molecule has 1 aromatic carbocycles. The van der Waals surface area contributed by atoms with E-state index in [1.165, 1.54) is 19.9 Å². The summed E-state index contributed by atoms with van der Waals surface area (Å²) in [5, 5.41) is 38.8. The zero-order valence-corrected chi connectivity index (χ0v) is 12.3. The second kappa shape index (κ2) is 6.59. The first kappa shape index (κ1) is 17.7. The summed E-state index contributed by atoms with van der Waals surface area (Å²) in [4.78, 5) is 0. The van der Waals surface area contributed by atoms with E-state index in [-0.39, 0.29) is 12.1 Å². The first-order valence-corrected chi connectivity index (χ1v) is 6.77. The highest BCUT2D eigenvalue weighted by Gasteiger charge is 2.41. The molecule has 3 atom stereocenters. The van der Waals surface area contributed by atoms with Crippen LogP contribution in [0.25, 0.3) is 0 Å². The van der Waals surface area contributed by atoms with Gasteiger partial charge in [0, 0.05) is 23.4 Å². The Kier molecular flexibility index (Phi) is 5.54. The van der Waals surface area contributed by atoms with Crippen molar-refractivity contribution in [2.75, 3.05) is 18.1 Å². The van der Waals surface area contributed by atoms with Gasteiger partial charge >= 0.3 is 0 Å². The third-order valence-corrected chi connectivity index (χ3v) is 3.85. The maximum Gasteiger partial charge on any atom is 0.0953 e. The highest BCUT2D eigenvalue weighted by atomic mass is 16.3. The molecule has 0 spiro atoms. The summed E-state index contributed by atoms with van der Waals surface area (Å²) in [6, 6.07) is 3.09. The van der Waals surface area contributed by atoms with E-state index in [2.05, 4.69) is 0 Å². The monoisotopic (exact) mass is 299 g/mol. The molecule has 0 aliphatic rings. The molecule has 7 heteroatoms. The van der Waals surface area contributed by atoms with E-state index >= 15 is 0 Å². The maximum absolute atomic E-state index is 10.0. The van der Waals surface area contributed by atoms with Gasteiger partial charge in [0.15, 0.2) is 0 Å². The fourth-order valence-electron chi connectivity index (χ4n) is 2.48. The van der Waals surface area contributed by atoms with Crippen molar-refractivity contribution in [2.45, 2.75) is 44.1 Å². The quantitative estimate of drug-likeness (QED) is 0.320. The van der Waals surface area contributed by atoms with Gasteiger partial charge in [-0.2, -0.15) is 0 Å². The number of nitrogens with two attached hydrogens (primary N) is 3. The molecule has 3 unspecified atom stereocenters. The van der Waals surface area contributed by atoms with Gasteiger partial charge in [0.05, 0.1) is 30.5 Å². The van der Waals surface area contributed by atoms with Crippen molar-refractivity contribution >= 4 is 11.4 Å². The van der Waals surface area contributed by atoms with Gasteiger partial charge in [-0.25, -0.2) is 0 Å². The smallest absolute Gasteiger partial charge is 0.0953 e. The number of rotatable bonds is 6. The minimum atomic E-state index is -1.54. The van der Waals surface area contributed by atoms with Gasteiger partial charge in [0.2, 0.25) is 0 Å². The molecule has 10 N–H and O–H groups in total. The number of anilines is 2. The van der Waals surface area contributed by atoms with Gasteiger partial charge in [-0.05, 0) is 31.5 Å². The van der Waals surface area contributed by atoms with Crippen molar-refractivity contribution < 1.29 is 20.4 Å². The Bertz CT molecular complexity index is 483. The number of aliphatic hydroxyl groups excluding tert-OH is 4. The maximum atomic E-state index is 10.0. The van der Waals surface area contributed by atoms with Gasteiger partial charge < -0.3 is 37.6 Å². The van der Waals surface area contributed by atoms with Gasteiger partial charge in [-0.15, -0.1) is 0 Å². The lowest BCUT2D eigenvalue weighted by Gasteiger charge is -2.38. The Morgan fingerprint density at radius 3 is 1.95 bits per heavy atom. The van der Waals surface area contributed by atoms with Crippen LogP contribution in [0.3, 0.4) is 0 Å². The Balaban J connectivity index is 3.56. The molecule has 1 rings (SSSR count). The third kappa shape index (κ3) is 3.28. The summed E-state index contributed by atoms with van der Waals surface area (Å²) < 4.78 is 0. The average molecular weight is 299 g/mol. The summed E-state index contributed by atoms with van der Waals surface area (Å²) in [6.45, 7) is 2.44. The van der Waals surface area contributed by atoms with E-state index in [1.807, 2.05) is 0 Å². The Hall–Kier alpha value is -1.38. The SMILES string of the molecule is CC(O)C(N)(c1c(N)ccc(N)c1CC(O)CO)C(C)O. The summed E-state index contributed by atoms with van der Waals surface area (Å²) in [6.07, 6.45) is -3.24. The van der Waals surface area contributed by atoms with Crippen LogP contribution in [0, 0.1) is 0 Å². The van der Waals surface area contributed by atoms with Crippen LogP contribution in [-0.4, -0.2) is 45.3 Å². The van der Waals surface area contributed by atoms with Crippen molar-refractivity contribution in [1.82, 2.24) is 0 Å². The molecule has 0 fully saturated rings. The van der Waals surface area contributed by atoms with Gasteiger partial charge in [-0.3, -0.25) is 0 Å². The van der Waals surface area contributed by atoms with Crippen LogP contribution < -0.4 is 17.2 Å². The van der Waals surface area contributed by atoms with E-state index in [4.69, 9.17) is 22.3 Å². The molecular formula is C14H25N3O4. The zero-order chi connectivity index (χ0) is 16.4. The van der Waals surface area contributed by atoms with Crippen LogP contribution in [-0.2, 0) is 12.0 Å². The largest absolute Gasteiger partial charge is 0.398 e. The molecule has 7 nitrogen and oxygen atoms in total. The number of hydrogen-bond donors (Lipinski definition) is 7. The summed E-state index contributed by atoms with van der Waals surface area (Å²) in [7, 11) is 0. The average Bonchev–Trinajstić information content (AvgIpc) is 2.41. The number of benzene rings is 1. The highest BCUT2D eigenvalue weighted by molar-refractivity contribution is 5.65. The minimum absolute atomic E-state index is 0.0150. The molecule has 0 saturated carbocycles. The molecule has 0 radical (unpaired) electrons. The lowest BCUT2D eigenvalue weighted by atomic mass is 9.77. The lowest BCUT2D eigenvalue weighted by molar-refractivity contribution is 0.00429. The van der Waals surface area contributed by atoms with Crippen molar-refractivity contribution in [3.8, 4) is 0 Å². The number of aliphatic hydroxyl groups is 4. The summed E-state index contributed by atoms with van der Waals surface area (Å²) in [5.41, 5.74) is 17.9. The van der Waals surface area contributed by atoms with Gasteiger partial charge in [-0.1, -0.05) is 0 Å². The Morgan fingerprint density at radius 1 is 1.05 bits per heavy atom. The van der Waals surface area contributed by atoms with E-state index in [1.54, 1.807) is 6.07 Å². The molecule has 0 heterocycles. The normalized spacial score (nSPS) is 18.8. The van der Waals surface area contributed by atoms with Gasteiger partial charge in [0.1, 0.15) is 0 Å². The molecule has 0 saturated heterocycles. The molecule has 120 valence electrons. The standard InChI is InChI=1S/C14H25N3O4/c1-7(19)14(17,8(2)20)13-10(5-9(21)6-18)11(15)3-4-12(13)16/h3-4,7-9,18-21H,5-6,15-17H2,1-2H3. The van der Waals surface area contributed by atoms with Gasteiger partial charge in [0.25, 0.3) is 0 Å². The van der Waals surface area contributed by atoms with E-state index in [0.29, 0.717) is 16.8 Å². The first-order valence-electron chi connectivity index (χ1n) is 6.77. The zero-order valence-electron chi connectivity index (χ0n) is 12.3. The van der Waals surface area contributed by atoms with E-state index in [9.17, 15) is 15.3 Å². The van der Waals surface area contributed by atoms with Crippen molar-refractivity contribution in [2.24, 2.45) is 5.73 Å². The van der Waals surface area contributed by atoms with E-state index < -0.39 is 30.5 Å². The molecule has 1 aromatic rings. The van der Waals surface area contributed by atoms with Crippen LogP contribution in [0.15, 0.2) is 12.1 Å². The topological polar surface area (TPSA) is 159 Å². The van der Waals surface area contributed by atoms with Crippen LogP contribution in [0.1, 0.15) is 25.0 Å². The lowest BCUT2D eigenvalue weighted by Crippen LogP contribution is -2.55. The molecule has 0 bridgehead atoms. The molecule has 0 aliphatic heterocycles. The molecule has 0 aliphatic carbocycles. The van der Waals surface area contributed by atoms with Crippen LogP contribution >= 0.6 is 0 Å². The molecular weight excluding hydrogens is 274 g/mol. The predicted molar refractivity (Wildman–Crippen MR) is 81.3 cm³/mol. The van der Waals surface area contributed by atoms with Crippen LogP contribution in [0.4, 0.5) is 11.4 Å². The Morgan fingerprint density at radius 2 is 1.52 bits per heavy atom. The summed E-state index contributed by atoms with van der Waals surface area (Å²) in [5.74, 6) is 0. The molecule has 21 heavy (non-hydrogen) atoms. The Labute approximate surface area is 124 Å². The van der Waals surface area contributed by atoms with Crippen LogP contribution in [0.2, 0.25) is 0 Å². The highest BCUT2D eigenvalue weighted by Crippen LogP contribution is 2.37. The summed E-state index contributed by atoms with van der Waals surface area (Å²) >= 11 is 0. The molecule has 0 aromatic heterocycles. The minimum Gasteiger partial charge on any atom is -0.398 e. The van der Waals surface area contributed by atoms with E-state index in [0.717, 1.165) is 0 Å². The van der Waals surface area contributed by atoms with Crippen molar-refractivity contribution in [3.63, 3.8) is 0 Å². The first-order chi connectivity index (χ1) is 9.66. The second-order valence-electron chi connectivity index (χ2n) is 5.42. The predicted octanol–water partition coefficient (Wildman–Crippen LogP) is -1.34. The fourth-order valence-corrected chi connectivity index (χ4v) is 2.48.